The van der Waals surface area contributed by atoms with E-state index in [-0.39, 0.29) is 20.5 Å². The van der Waals surface area contributed by atoms with Crippen LogP contribution in [0.3, 0.4) is 0 Å². The Kier molecular flexibility index (Phi) is 6.04. The SMILES string of the molecule is O=C(CC(NNC(=O)c1ccccc1O)C(F)(F)F)c1ccc(Cl)s1. The van der Waals surface area contributed by atoms with Crippen LogP contribution in [-0.2, 0) is 0 Å². The van der Waals surface area contributed by atoms with Crippen molar-refractivity contribution >= 4 is 34.6 Å². The van der Waals surface area contributed by atoms with Crippen molar-refractivity contribution in [1.29, 1.82) is 0 Å². The highest BCUT2D eigenvalue weighted by Crippen LogP contribution is 2.27. The van der Waals surface area contributed by atoms with Gasteiger partial charge in [0.2, 0.25) is 0 Å². The summed E-state index contributed by atoms with van der Waals surface area (Å²) in [5.41, 5.74) is 3.47. The monoisotopic (exact) mass is 392 g/mol. The molecule has 134 valence electrons. The Morgan fingerprint density at radius 2 is 1.88 bits per heavy atom. The van der Waals surface area contributed by atoms with Crippen molar-refractivity contribution in [2.24, 2.45) is 0 Å². The minimum absolute atomic E-state index is 0.0908. The number of carbonyl (C=O) groups excluding carboxylic acids is 2. The van der Waals surface area contributed by atoms with Crippen molar-refractivity contribution in [3.63, 3.8) is 0 Å². The lowest BCUT2D eigenvalue weighted by atomic mass is 10.1. The molecule has 0 saturated carbocycles. The van der Waals surface area contributed by atoms with Gasteiger partial charge in [0.1, 0.15) is 11.8 Å². The Labute approximate surface area is 149 Å². The average Bonchev–Trinajstić information content (AvgIpc) is 2.97. The summed E-state index contributed by atoms with van der Waals surface area (Å²) < 4.78 is 39.6. The first-order chi connectivity index (χ1) is 11.7. The van der Waals surface area contributed by atoms with Gasteiger partial charge in [0.05, 0.1) is 14.8 Å². The number of thiophene rings is 1. The van der Waals surface area contributed by atoms with Crippen molar-refractivity contribution in [2.75, 3.05) is 0 Å². The van der Waals surface area contributed by atoms with Gasteiger partial charge in [-0.25, -0.2) is 5.43 Å². The maximum atomic E-state index is 13.1. The number of para-hydroxylation sites is 1. The van der Waals surface area contributed by atoms with Gasteiger partial charge in [-0.15, -0.1) is 11.3 Å². The van der Waals surface area contributed by atoms with E-state index in [0.29, 0.717) is 0 Å². The number of carbonyl (C=O) groups is 2. The fraction of sp³-hybridized carbons (Fsp3) is 0.200. The summed E-state index contributed by atoms with van der Waals surface area (Å²) in [7, 11) is 0. The lowest BCUT2D eigenvalue weighted by molar-refractivity contribution is -0.156. The molecule has 0 aliphatic carbocycles. The molecule has 5 nitrogen and oxygen atoms in total. The summed E-state index contributed by atoms with van der Waals surface area (Å²) in [6.07, 6.45) is -5.69. The number of alkyl halides is 3. The van der Waals surface area contributed by atoms with E-state index in [2.05, 4.69) is 0 Å². The largest absolute Gasteiger partial charge is 0.507 e. The number of phenolic OH excluding ortho intramolecular Hbond substituents is 1. The molecule has 0 bridgehead atoms. The first-order valence-corrected chi connectivity index (χ1v) is 8.07. The van der Waals surface area contributed by atoms with E-state index in [9.17, 15) is 27.9 Å². The minimum atomic E-state index is -4.78. The van der Waals surface area contributed by atoms with Gasteiger partial charge in [0.25, 0.3) is 5.91 Å². The molecule has 0 saturated heterocycles. The maximum Gasteiger partial charge on any atom is 0.406 e. The molecule has 1 unspecified atom stereocenters. The number of hydrogen-bond donors (Lipinski definition) is 3. The van der Waals surface area contributed by atoms with Crippen LogP contribution in [0.15, 0.2) is 36.4 Å². The maximum absolute atomic E-state index is 13.1. The molecule has 0 radical (unpaired) electrons. The summed E-state index contributed by atoms with van der Waals surface area (Å²) in [5.74, 6) is -2.10. The summed E-state index contributed by atoms with van der Waals surface area (Å²) in [4.78, 5) is 23.9. The van der Waals surface area contributed by atoms with Gasteiger partial charge in [0.15, 0.2) is 5.78 Å². The predicted octanol–water partition coefficient (Wildman–Crippen LogP) is 3.55. The lowest BCUT2D eigenvalue weighted by Crippen LogP contribution is -2.52. The van der Waals surface area contributed by atoms with Gasteiger partial charge >= 0.3 is 6.18 Å². The van der Waals surface area contributed by atoms with Crippen molar-refractivity contribution in [3.8, 4) is 5.75 Å². The molecule has 0 aliphatic rings. The summed E-state index contributed by atoms with van der Waals surface area (Å²) in [6, 6.07) is 5.82. The Balaban J connectivity index is 2.05. The van der Waals surface area contributed by atoms with E-state index >= 15 is 0 Å². The molecule has 3 N–H and O–H groups in total. The number of ketones is 1. The topological polar surface area (TPSA) is 78.4 Å². The molecule has 2 rings (SSSR count). The van der Waals surface area contributed by atoms with Crippen molar-refractivity contribution in [3.05, 3.63) is 51.2 Å². The summed E-state index contributed by atoms with van der Waals surface area (Å²) >= 11 is 6.54. The van der Waals surface area contributed by atoms with E-state index in [1.807, 2.05) is 10.9 Å². The molecule has 1 aromatic carbocycles. The second-order valence-corrected chi connectivity index (χ2v) is 6.66. The van der Waals surface area contributed by atoms with Crippen molar-refractivity contribution < 1.29 is 27.9 Å². The molecule has 10 heteroatoms. The van der Waals surface area contributed by atoms with E-state index in [0.717, 1.165) is 11.3 Å². The van der Waals surface area contributed by atoms with Gasteiger partial charge in [0, 0.05) is 6.42 Å². The predicted molar refractivity (Wildman–Crippen MR) is 86.8 cm³/mol. The van der Waals surface area contributed by atoms with Gasteiger partial charge in [-0.3, -0.25) is 15.0 Å². The number of hydrogen-bond acceptors (Lipinski definition) is 5. The van der Waals surface area contributed by atoms with E-state index in [4.69, 9.17) is 11.6 Å². The summed E-state index contributed by atoms with van der Waals surface area (Å²) in [5, 5.41) is 9.53. The zero-order chi connectivity index (χ0) is 18.6. The molecule has 2 aromatic rings. The number of nitrogens with one attached hydrogen (secondary N) is 2. The van der Waals surface area contributed by atoms with E-state index in [1.165, 1.54) is 36.4 Å². The zero-order valence-electron chi connectivity index (χ0n) is 12.4. The van der Waals surface area contributed by atoms with Crippen LogP contribution in [0.4, 0.5) is 13.2 Å². The molecule has 25 heavy (non-hydrogen) atoms. The number of Topliss-reactive ketones (excluding diaryl/α,β-unsaturated/α-hetero) is 1. The number of amides is 1. The molecule has 1 atom stereocenters. The molecule has 1 amide bonds. The average molecular weight is 393 g/mol. The minimum Gasteiger partial charge on any atom is -0.507 e. The molecule has 0 spiro atoms. The fourth-order valence-electron chi connectivity index (χ4n) is 1.88. The number of hydrazine groups is 1. The molecule has 0 aliphatic heterocycles. The van der Waals surface area contributed by atoms with Crippen molar-refractivity contribution in [1.82, 2.24) is 10.9 Å². The lowest BCUT2D eigenvalue weighted by Gasteiger charge is -2.21. The molecule has 1 aromatic heterocycles. The number of phenols is 1. The van der Waals surface area contributed by atoms with Gasteiger partial charge < -0.3 is 5.11 Å². The van der Waals surface area contributed by atoms with Crippen molar-refractivity contribution in [2.45, 2.75) is 18.6 Å². The Morgan fingerprint density at radius 1 is 1.20 bits per heavy atom. The van der Waals surface area contributed by atoms with Crippen LogP contribution in [0.5, 0.6) is 5.75 Å². The third-order valence-corrected chi connectivity index (χ3v) is 4.41. The number of benzene rings is 1. The van der Waals surface area contributed by atoms with E-state index < -0.39 is 30.3 Å². The second kappa shape index (κ2) is 7.85. The zero-order valence-corrected chi connectivity index (χ0v) is 14.0. The van der Waals surface area contributed by atoms with Crippen LogP contribution in [0.2, 0.25) is 4.34 Å². The van der Waals surface area contributed by atoms with Crippen LogP contribution < -0.4 is 10.9 Å². The third-order valence-electron chi connectivity index (χ3n) is 3.14. The van der Waals surface area contributed by atoms with Crippen LogP contribution in [0.25, 0.3) is 0 Å². The third kappa shape index (κ3) is 5.18. The number of halogens is 4. The van der Waals surface area contributed by atoms with Gasteiger partial charge in [-0.2, -0.15) is 13.2 Å². The highest BCUT2D eigenvalue weighted by molar-refractivity contribution is 7.18. The van der Waals surface area contributed by atoms with E-state index in [1.54, 1.807) is 0 Å². The van der Waals surface area contributed by atoms with Crippen LogP contribution in [0.1, 0.15) is 26.5 Å². The first kappa shape index (κ1) is 19.2. The second-order valence-electron chi connectivity index (χ2n) is 4.94. The fourth-order valence-corrected chi connectivity index (χ4v) is 2.88. The normalized spacial score (nSPS) is 12.6. The highest BCUT2D eigenvalue weighted by atomic mass is 35.5. The Hall–Kier alpha value is -2.10. The molecule has 1 heterocycles. The Morgan fingerprint density at radius 3 is 2.44 bits per heavy atom. The quantitative estimate of drug-likeness (QED) is 0.519. The summed E-state index contributed by atoms with van der Waals surface area (Å²) in [6.45, 7) is 0. The van der Waals surface area contributed by atoms with Crippen LogP contribution >= 0.6 is 22.9 Å². The molecule has 0 fully saturated rings. The molecular formula is C15H12ClF3N2O3S. The van der Waals surface area contributed by atoms with Gasteiger partial charge in [-0.05, 0) is 24.3 Å². The highest BCUT2D eigenvalue weighted by Gasteiger charge is 2.41. The van der Waals surface area contributed by atoms with Crippen LogP contribution in [-0.4, -0.2) is 29.0 Å². The molecular weight excluding hydrogens is 381 g/mol. The first-order valence-electron chi connectivity index (χ1n) is 6.87. The number of aromatic hydroxyl groups is 1. The van der Waals surface area contributed by atoms with Crippen LogP contribution in [0, 0.1) is 0 Å². The number of rotatable bonds is 6. The Bertz CT molecular complexity index is 779. The van der Waals surface area contributed by atoms with Gasteiger partial charge in [-0.1, -0.05) is 23.7 Å². The standard InChI is InChI=1S/C15H12ClF3N2O3S/c16-13-6-5-11(25-13)10(23)7-12(15(17,18)19)20-21-14(24)8-3-1-2-4-9(8)22/h1-6,12,20,22H,7H2,(H,21,24). The smallest absolute Gasteiger partial charge is 0.406 e.